The van der Waals surface area contributed by atoms with Crippen LogP contribution in [0.2, 0.25) is 0 Å². The molecule has 106 valence electrons. The van der Waals surface area contributed by atoms with E-state index in [-0.39, 0.29) is 23.4 Å². The van der Waals surface area contributed by atoms with Crippen LogP contribution in [0.4, 0.5) is 6.01 Å². The van der Waals surface area contributed by atoms with E-state index in [1.165, 1.54) is 0 Å². The first-order valence-electron chi connectivity index (χ1n) is 5.79. The molecule has 1 fully saturated rings. The van der Waals surface area contributed by atoms with Crippen molar-refractivity contribution in [1.29, 1.82) is 0 Å². The molecule has 0 aliphatic carbocycles. The Morgan fingerprint density at radius 2 is 2.16 bits per heavy atom. The van der Waals surface area contributed by atoms with Crippen molar-refractivity contribution in [1.82, 2.24) is 4.98 Å². The molecule has 2 heterocycles. The molecule has 0 unspecified atom stereocenters. The summed E-state index contributed by atoms with van der Waals surface area (Å²) in [7, 11) is -3.45. The van der Waals surface area contributed by atoms with E-state index >= 15 is 0 Å². The summed E-state index contributed by atoms with van der Waals surface area (Å²) in [5, 5.41) is 13.8. The van der Waals surface area contributed by atoms with Crippen molar-refractivity contribution in [3.63, 3.8) is 0 Å². The molecular formula is C10H15N3O5S. The number of primary sulfonamides is 1. The Morgan fingerprint density at radius 3 is 2.63 bits per heavy atom. The molecule has 1 aliphatic rings. The third-order valence-corrected chi connectivity index (χ3v) is 4.00. The van der Waals surface area contributed by atoms with Crippen LogP contribution in [-0.2, 0) is 10.0 Å². The lowest BCUT2D eigenvalue weighted by molar-refractivity contribution is 0.0690. The number of anilines is 1. The molecule has 0 spiro atoms. The predicted molar refractivity (Wildman–Crippen MR) is 66.4 cm³/mol. The molecule has 1 aliphatic heterocycles. The zero-order chi connectivity index (χ0) is 14.0. The zero-order valence-electron chi connectivity index (χ0n) is 10.2. The maximum absolute atomic E-state index is 11.0. The number of carbonyl (C=O) groups is 1. The number of hydrogen-bond donors (Lipinski definition) is 2. The van der Waals surface area contributed by atoms with E-state index in [0.29, 0.717) is 25.9 Å². The summed E-state index contributed by atoms with van der Waals surface area (Å²) in [6.07, 6.45) is 2.40. The molecule has 8 nitrogen and oxygen atoms in total. The predicted octanol–water partition coefficient (Wildman–Crippen LogP) is -0.122. The van der Waals surface area contributed by atoms with Gasteiger partial charge in [0.25, 0.3) is 6.01 Å². The number of aromatic nitrogens is 1. The molecule has 0 aromatic carbocycles. The highest BCUT2D eigenvalue weighted by Gasteiger charge is 2.25. The standard InChI is InChI=1S/C10H15N3O5S/c11-19(16,17)6-7-1-3-13(4-2-7)10-12-8(5-18-10)9(14)15/h5,7H,1-4,6H2,(H,14,15)(H2,11,16,17). The molecule has 9 heteroatoms. The number of carboxylic acids is 1. The van der Waals surface area contributed by atoms with Gasteiger partial charge in [-0.05, 0) is 18.8 Å². The van der Waals surface area contributed by atoms with Gasteiger partial charge in [-0.15, -0.1) is 0 Å². The topological polar surface area (TPSA) is 127 Å². The molecule has 2 rings (SSSR count). The van der Waals surface area contributed by atoms with Crippen LogP contribution in [0.3, 0.4) is 0 Å². The van der Waals surface area contributed by atoms with Crippen LogP contribution in [-0.4, -0.2) is 43.3 Å². The van der Waals surface area contributed by atoms with Gasteiger partial charge in [0.15, 0.2) is 5.69 Å². The minimum Gasteiger partial charge on any atom is -0.476 e. The summed E-state index contributed by atoms with van der Waals surface area (Å²) >= 11 is 0. The summed E-state index contributed by atoms with van der Waals surface area (Å²) in [5.74, 6) is -1.13. The molecule has 3 N–H and O–H groups in total. The normalized spacial score (nSPS) is 17.6. The Bertz CT molecular complexity index is 559. The number of nitrogens with zero attached hydrogens (tertiary/aromatic N) is 2. The molecule has 19 heavy (non-hydrogen) atoms. The van der Waals surface area contributed by atoms with Gasteiger partial charge in [0.1, 0.15) is 6.26 Å². The molecule has 1 saturated heterocycles. The Hall–Kier alpha value is -1.61. The number of sulfonamides is 1. The van der Waals surface area contributed by atoms with Gasteiger partial charge in [0.05, 0.1) is 5.75 Å². The SMILES string of the molecule is NS(=O)(=O)CC1CCN(c2nc(C(=O)O)co2)CC1. The average molecular weight is 289 g/mol. The Balaban J connectivity index is 1.94. The molecule has 1 aromatic rings. The second-order valence-electron chi connectivity index (χ2n) is 4.58. The number of aromatic carboxylic acids is 1. The van der Waals surface area contributed by atoms with Crippen molar-refractivity contribution >= 4 is 22.0 Å². The van der Waals surface area contributed by atoms with Crippen LogP contribution in [0.25, 0.3) is 0 Å². The van der Waals surface area contributed by atoms with E-state index in [2.05, 4.69) is 4.98 Å². The quantitative estimate of drug-likeness (QED) is 0.790. The maximum Gasteiger partial charge on any atom is 0.357 e. The van der Waals surface area contributed by atoms with E-state index < -0.39 is 16.0 Å². The zero-order valence-corrected chi connectivity index (χ0v) is 11.0. The van der Waals surface area contributed by atoms with Crippen molar-refractivity contribution in [2.45, 2.75) is 12.8 Å². The van der Waals surface area contributed by atoms with Crippen molar-refractivity contribution in [2.24, 2.45) is 11.1 Å². The second kappa shape index (κ2) is 5.17. The first-order valence-corrected chi connectivity index (χ1v) is 7.51. The van der Waals surface area contributed by atoms with Gasteiger partial charge in [-0.3, -0.25) is 0 Å². The Morgan fingerprint density at radius 1 is 1.53 bits per heavy atom. The third-order valence-electron chi connectivity index (χ3n) is 3.06. The molecule has 0 bridgehead atoms. The highest BCUT2D eigenvalue weighted by molar-refractivity contribution is 7.89. The Labute approximate surface area is 110 Å². The second-order valence-corrected chi connectivity index (χ2v) is 6.24. The van der Waals surface area contributed by atoms with E-state index in [1.807, 2.05) is 0 Å². The summed E-state index contributed by atoms with van der Waals surface area (Å²) in [4.78, 5) is 16.3. The molecule has 1 aromatic heterocycles. The van der Waals surface area contributed by atoms with Crippen LogP contribution in [0.1, 0.15) is 23.3 Å². The summed E-state index contributed by atoms with van der Waals surface area (Å²) < 4.78 is 27.1. The van der Waals surface area contributed by atoms with E-state index in [9.17, 15) is 13.2 Å². The first-order chi connectivity index (χ1) is 8.85. The van der Waals surface area contributed by atoms with Crippen LogP contribution in [0.15, 0.2) is 10.7 Å². The van der Waals surface area contributed by atoms with Crippen LogP contribution < -0.4 is 10.0 Å². The largest absolute Gasteiger partial charge is 0.476 e. The Kier molecular flexibility index (Phi) is 3.76. The fraction of sp³-hybridized carbons (Fsp3) is 0.600. The summed E-state index contributed by atoms with van der Waals surface area (Å²) in [5.41, 5.74) is -0.137. The fourth-order valence-corrected chi connectivity index (χ4v) is 3.12. The summed E-state index contributed by atoms with van der Waals surface area (Å²) in [6, 6.07) is 0.256. The monoisotopic (exact) mass is 289 g/mol. The smallest absolute Gasteiger partial charge is 0.357 e. The lowest BCUT2D eigenvalue weighted by Crippen LogP contribution is -2.37. The lowest BCUT2D eigenvalue weighted by atomic mass is 9.99. The molecular weight excluding hydrogens is 274 g/mol. The molecule has 0 radical (unpaired) electrons. The number of nitrogens with two attached hydrogens (primary N) is 1. The molecule has 0 saturated carbocycles. The van der Waals surface area contributed by atoms with Gasteiger partial charge >= 0.3 is 5.97 Å². The van der Waals surface area contributed by atoms with Gasteiger partial charge in [0, 0.05) is 13.1 Å². The fourth-order valence-electron chi connectivity index (χ4n) is 2.13. The van der Waals surface area contributed by atoms with Gasteiger partial charge in [-0.1, -0.05) is 0 Å². The maximum atomic E-state index is 11.0. The highest BCUT2D eigenvalue weighted by atomic mass is 32.2. The van der Waals surface area contributed by atoms with Gasteiger partial charge in [-0.25, -0.2) is 18.4 Å². The minimum atomic E-state index is -3.45. The lowest BCUT2D eigenvalue weighted by Gasteiger charge is -2.30. The highest BCUT2D eigenvalue weighted by Crippen LogP contribution is 2.23. The molecule has 0 amide bonds. The third kappa shape index (κ3) is 3.67. The van der Waals surface area contributed by atoms with Crippen LogP contribution >= 0.6 is 0 Å². The average Bonchev–Trinajstić information content (AvgIpc) is 2.77. The van der Waals surface area contributed by atoms with Crippen LogP contribution in [0, 0.1) is 5.92 Å². The van der Waals surface area contributed by atoms with E-state index in [0.717, 1.165) is 6.26 Å². The number of oxazole rings is 1. The van der Waals surface area contributed by atoms with E-state index in [1.54, 1.807) is 4.90 Å². The van der Waals surface area contributed by atoms with E-state index in [4.69, 9.17) is 14.7 Å². The summed E-state index contributed by atoms with van der Waals surface area (Å²) in [6.45, 7) is 1.14. The number of rotatable bonds is 4. The molecule has 0 atom stereocenters. The van der Waals surface area contributed by atoms with Crippen molar-refractivity contribution in [3.8, 4) is 0 Å². The van der Waals surface area contributed by atoms with Crippen molar-refractivity contribution in [3.05, 3.63) is 12.0 Å². The van der Waals surface area contributed by atoms with Gasteiger partial charge < -0.3 is 14.4 Å². The van der Waals surface area contributed by atoms with Gasteiger partial charge in [0.2, 0.25) is 10.0 Å². The number of carboxylic acid groups (broad SMARTS) is 1. The van der Waals surface area contributed by atoms with Crippen molar-refractivity contribution in [2.75, 3.05) is 23.7 Å². The van der Waals surface area contributed by atoms with Crippen LogP contribution in [0.5, 0.6) is 0 Å². The minimum absolute atomic E-state index is 0.0210. The van der Waals surface area contributed by atoms with Crippen molar-refractivity contribution < 1.29 is 22.7 Å². The number of piperidine rings is 1. The number of hydrogen-bond acceptors (Lipinski definition) is 6. The first kappa shape index (κ1) is 13.8. The van der Waals surface area contributed by atoms with Gasteiger partial charge in [-0.2, -0.15) is 4.98 Å².